The van der Waals surface area contributed by atoms with Gasteiger partial charge in [-0.3, -0.25) is 9.59 Å². The highest BCUT2D eigenvalue weighted by Crippen LogP contribution is 2.26. The van der Waals surface area contributed by atoms with E-state index < -0.39 is 23.8 Å². The van der Waals surface area contributed by atoms with Gasteiger partial charge in [-0.15, -0.1) is 0 Å². The molecule has 0 saturated carbocycles. The lowest BCUT2D eigenvalue weighted by molar-refractivity contribution is -0.142. The first-order chi connectivity index (χ1) is 20.6. The lowest BCUT2D eigenvalue weighted by Gasteiger charge is -2.35. The Labute approximate surface area is 259 Å². The van der Waals surface area contributed by atoms with Crippen LogP contribution >= 0.6 is 0 Å². The third-order valence-corrected chi connectivity index (χ3v) is 7.16. The monoisotopic (exact) mass is 591 g/mol. The fourth-order valence-electron chi connectivity index (χ4n) is 4.96. The van der Waals surface area contributed by atoms with Gasteiger partial charge in [-0.25, -0.2) is 4.79 Å². The Morgan fingerprint density at radius 2 is 1.58 bits per heavy atom. The minimum Gasteiger partial charge on any atom is -0.444 e. The summed E-state index contributed by atoms with van der Waals surface area (Å²) in [5, 5.41) is 5.93. The number of ether oxygens (including phenoxy) is 1. The van der Waals surface area contributed by atoms with Gasteiger partial charge in [0.25, 0.3) is 0 Å². The number of carbonyl (C=O) groups is 3. The summed E-state index contributed by atoms with van der Waals surface area (Å²) in [7, 11) is 0. The van der Waals surface area contributed by atoms with Gasteiger partial charge in [-0.1, -0.05) is 114 Å². The molecule has 0 fully saturated rings. The summed E-state index contributed by atoms with van der Waals surface area (Å²) in [6.07, 6.45) is 9.23. The average Bonchev–Trinajstić information content (AvgIpc) is 2.97. The predicted molar refractivity (Wildman–Crippen MR) is 176 cm³/mol. The Kier molecular flexibility index (Phi) is 15.6. The predicted octanol–water partition coefficient (Wildman–Crippen LogP) is 7.61. The van der Waals surface area contributed by atoms with E-state index >= 15 is 0 Å². The number of alkyl carbamates (subject to hydrolysis) is 1. The van der Waals surface area contributed by atoms with Gasteiger partial charge < -0.3 is 20.3 Å². The van der Waals surface area contributed by atoms with Crippen LogP contribution in [0.1, 0.15) is 109 Å². The van der Waals surface area contributed by atoms with Crippen LogP contribution in [-0.4, -0.2) is 47.5 Å². The fourth-order valence-corrected chi connectivity index (χ4v) is 4.96. The Hall–Kier alpha value is -3.61. The van der Waals surface area contributed by atoms with E-state index in [1.54, 1.807) is 31.7 Å². The number of nitrogens with zero attached hydrogens (tertiary/aromatic N) is 1. The maximum atomic E-state index is 14.6. The number of benzene rings is 2. The van der Waals surface area contributed by atoms with Crippen LogP contribution in [0.5, 0.6) is 0 Å². The van der Waals surface area contributed by atoms with E-state index in [9.17, 15) is 14.4 Å². The zero-order valence-corrected chi connectivity index (χ0v) is 27.0. The van der Waals surface area contributed by atoms with E-state index in [4.69, 9.17) is 4.74 Å². The van der Waals surface area contributed by atoms with Crippen molar-refractivity contribution in [3.05, 3.63) is 77.9 Å². The SMILES string of the molecule is C=Cc1cccc(C(C(=O)NCCCCC)N(CCCCCCC)C(=O)C(Cc2ccccc2)NC(=O)OC(C)(C)C)c1. The zero-order chi connectivity index (χ0) is 31.7. The first-order valence-corrected chi connectivity index (χ1v) is 15.9. The molecule has 0 radical (unpaired) electrons. The maximum absolute atomic E-state index is 14.6. The van der Waals surface area contributed by atoms with Gasteiger partial charge in [-0.05, 0) is 56.4 Å². The molecule has 2 rings (SSSR count). The van der Waals surface area contributed by atoms with Crippen molar-refractivity contribution in [3.8, 4) is 0 Å². The Morgan fingerprint density at radius 1 is 0.907 bits per heavy atom. The smallest absolute Gasteiger partial charge is 0.408 e. The first-order valence-electron chi connectivity index (χ1n) is 15.9. The van der Waals surface area contributed by atoms with Crippen LogP contribution in [-0.2, 0) is 20.7 Å². The van der Waals surface area contributed by atoms with Gasteiger partial charge in [-0.2, -0.15) is 0 Å². The van der Waals surface area contributed by atoms with Crippen LogP contribution in [0.2, 0.25) is 0 Å². The molecular weight excluding hydrogens is 538 g/mol. The molecule has 0 spiro atoms. The minimum atomic E-state index is -0.925. The zero-order valence-electron chi connectivity index (χ0n) is 27.0. The molecule has 0 aliphatic heterocycles. The fraction of sp³-hybridized carbons (Fsp3) is 0.528. The summed E-state index contributed by atoms with van der Waals surface area (Å²) in [5.74, 6) is -0.544. The molecule has 0 aliphatic rings. The molecule has 7 heteroatoms. The summed E-state index contributed by atoms with van der Waals surface area (Å²) in [6.45, 7) is 14.5. The number of carbonyl (C=O) groups excluding carboxylic acids is 3. The molecule has 2 aromatic rings. The molecule has 43 heavy (non-hydrogen) atoms. The average molecular weight is 592 g/mol. The normalized spacial score (nSPS) is 12.6. The van der Waals surface area contributed by atoms with Gasteiger partial charge in [0.15, 0.2) is 0 Å². The lowest BCUT2D eigenvalue weighted by Crippen LogP contribution is -2.54. The Balaban J connectivity index is 2.53. The maximum Gasteiger partial charge on any atom is 0.408 e. The standard InChI is InChI=1S/C36H53N3O4/c1-7-10-12-13-18-25-39(32(33(40)37-24-17-11-8-2)30-23-19-22-28(9-3)26-30)34(41)31(27-29-20-15-14-16-21-29)38-35(42)43-36(4,5)6/h9,14-16,19-23,26,31-32H,3,7-8,10-13,17-18,24-25,27H2,1-2,4-6H3,(H,37,40)(H,38,42). The van der Waals surface area contributed by atoms with E-state index in [1.807, 2.05) is 54.6 Å². The molecule has 7 nitrogen and oxygen atoms in total. The molecular formula is C36H53N3O4. The van der Waals surface area contributed by atoms with Crippen LogP contribution in [0.4, 0.5) is 4.79 Å². The van der Waals surface area contributed by atoms with Crippen molar-refractivity contribution in [2.45, 2.75) is 110 Å². The van der Waals surface area contributed by atoms with Crippen LogP contribution in [0.15, 0.2) is 61.2 Å². The van der Waals surface area contributed by atoms with Gasteiger partial charge >= 0.3 is 6.09 Å². The summed E-state index contributed by atoms with van der Waals surface area (Å²) < 4.78 is 5.55. The number of hydrogen-bond donors (Lipinski definition) is 2. The number of amides is 3. The quantitative estimate of drug-likeness (QED) is 0.175. The second-order valence-electron chi connectivity index (χ2n) is 12.1. The highest BCUT2D eigenvalue weighted by atomic mass is 16.6. The third-order valence-electron chi connectivity index (χ3n) is 7.16. The molecule has 0 saturated heterocycles. The highest BCUT2D eigenvalue weighted by molar-refractivity contribution is 5.92. The molecule has 0 aliphatic carbocycles. The second kappa shape index (κ2) is 18.8. The van der Waals surface area contributed by atoms with Crippen LogP contribution in [0, 0.1) is 0 Å². The topological polar surface area (TPSA) is 87.7 Å². The van der Waals surface area contributed by atoms with E-state index in [2.05, 4.69) is 31.1 Å². The Morgan fingerprint density at radius 3 is 2.23 bits per heavy atom. The molecule has 236 valence electrons. The van der Waals surface area contributed by atoms with E-state index in [0.29, 0.717) is 18.7 Å². The van der Waals surface area contributed by atoms with Crippen molar-refractivity contribution >= 4 is 24.0 Å². The van der Waals surface area contributed by atoms with Crippen molar-refractivity contribution in [2.24, 2.45) is 0 Å². The van der Waals surface area contributed by atoms with Gasteiger partial charge in [0, 0.05) is 19.5 Å². The summed E-state index contributed by atoms with van der Waals surface area (Å²) in [4.78, 5) is 43.2. The summed E-state index contributed by atoms with van der Waals surface area (Å²) >= 11 is 0. The molecule has 3 amide bonds. The molecule has 0 aromatic heterocycles. The van der Waals surface area contributed by atoms with Crippen LogP contribution in [0.25, 0.3) is 6.08 Å². The Bertz CT molecular complexity index is 1140. The molecule has 2 N–H and O–H groups in total. The number of nitrogens with one attached hydrogen (secondary N) is 2. The van der Waals surface area contributed by atoms with Crippen molar-refractivity contribution in [3.63, 3.8) is 0 Å². The second-order valence-corrected chi connectivity index (χ2v) is 12.1. The van der Waals surface area contributed by atoms with Gasteiger partial charge in [0.2, 0.25) is 11.8 Å². The summed E-state index contributed by atoms with van der Waals surface area (Å²) in [5.41, 5.74) is 1.75. The van der Waals surface area contributed by atoms with Crippen molar-refractivity contribution < 1.29 is 19.1 Å². The van der Waals surface area contributed by atoms with Crippen LogP contribution < -0.4 is 10.6 Å². The van der Waals surface area contributed by atoms with Crippen molar-refractivity contribution in [1.82, 2.24) is 15.5 Å². The molecule has 0 heterocycles. The number of rotatable bonds is 18. The number of hydrogen-bond acceptors (Lipinski definition) is 4. The summed E-state index contributed by atoms with van der Waals surface area (Å²) in [6, 6.07) is 15.4. The molecule has 2 unspecified atom stereocenters. The van der Waals surface area contributed by atoms with Crippen molar-refractivity contribution in [2.75, 3.05) is 13.1 Å². The lowest BCUT2D eigenvalue weighted by atomic mass is 9.98. The van der Waals surface area contributed by atoms with Crippen molar-refractivity contribution in [1.29, 1.82) is 0 Å². The minimum absolute atomic E-state index is 0.227. The highest BCUT2D eigenvalue weighted by Gasteiger charge is 2.36. The molecule has 0 bridgehead atoms. The van der Waals surface area contributed by atoms with Gasteiger partial charge in [0.05, 0.1) is 0 Å². The third kappa shape index (κ3) is 13.1. The molecule has 2 atom stereocenters. The van der Waals surface area contributed by atoms with Gasteiger partial charge in [0.1, 0.15) is 17.7 Å². The van der Waals surface area contributed by atoms with E-state index in [-0.39, 0.29) is 18.2 Å². The van der Waals surface area contributed by atoms with E-state index in [0.717, 1.165) is 62.5 Å². The first kappa shape index (κ1) is 35.6. The largest absolute Gasteiger partial charge is 0.444 e. The number of unbranched alkanes of at least 4 members (excludes halogenated alkanes) is 6. The van der Waals surface area contributed by atoms with E-state index in [1.165, 1.54) is 0 Å². The van der Waals surface area contributed by atoms with Crippen LogP contribution in [0.3, 0.4) is 0 Å². The molecule has 2 aromatic carbocycles.